The minimum Gasteiger partial charge on any atom is -0.461 e. The molecule has 1 aromatic rings. The highest BCUT2D eigenvalue weighted by atomic mass is 32.1. The summed E-state index contributed by atoms with van der Waals surface area (Å²) in [7, 11) is 0. The lowest BCUT2D eigenvalue weighted by Gasteiger charge is -2.19. The number of esters is 1. The van der Waals surface area contributed by atoms with Crippen molar-refractivity contribution in [3.05, 3.63) is 35.9 Å². The highest BCUT2D eigenvalue weighted by molar-refractivity contribution is 7.80. The number of carbonyl (C=O) groups excluding carboxylic acids is 2. The van der Waals surface area contributed by atoms with Crippen molar-refractivity contribution in [2.24, 2.45) is 11.8 Å². The fourth-order valence-corrected chi connectivity index (χ4v) is 2.12. The molecule has 0 spiro atoms. The Kier molecular flexibility index (Phi) is 8.48. The second-order valence-corrected chi connectivity index (χ2v) is 6.39. The number of benzene rings is 1. The van der Waals surface area contributed by atoms with Crippen LogP contribution in [0.15, 0.2) is 30.3 Å². The van der Waals surface area contributed by atoms with E-state index in [9.17, 15) is 9.59 Å². The molecule has 1 aromatic carbocycles. The van der Waals surface area contributed by atoms with Crippen molar-refractivity contribution in [1.29, 1.82) is 0 Å². The van der Waals surface area contributed by atoms with Crippen LogP contribution in [-0.4, -0.2) is 23.3 Å². The predicted octanol–water partition coefficient (Wildman–Crippen LogP) is 3.29. The Morgan fingerprint density at radius 1 is 1.22 bits per heavy atom. The molecule has 23 heavy (non-hydrogen) atoms. The molecule has 0 bridgehead atoms. The fourth-order valence-electron chi connectivity index (χ4n) is 2.05. The van der Waals surface area contributed by atoms with Crippen molar-refractivity contribution >= 4 is 29.0 Å². The van der Waals surface area contributed by atoms with Gasteiger partial charge in [-0.05, 0) is 17.9 Å². The molecule has 0 fully saturated rings. The SMILES string of the molecule is CCC(=S)CNC(=O)[C@H](CC(=O)OCc1ccccc1)C(C)C. The van der Waals surface area contributed by atoms with Gasteiger partial charge in [0.15, 0.2) is 0 Å². The monoisotopic (exact) mass is 335 g/mol. The fraction of sp³-hybridized carbons (Fsp3) is 0.500. The van der Waals surface area contributed by atoms with Crippen LogP contribution in [0.3, 0.4) is 0 Å². The molecule has 0 heterocycles. The van der Waals surface area contributed by atoms with Crippen LogP contribution in [-0.2, 0) is 20.9 Å². The number of rotatable bonds is 9. The Bertz CT molecular complexity index is 528. The molecule has 5 heteroatoms. The number of carbonyl (C=O) groups is 2. The molecular weight excluding hydrogens is 310 g/mol. The topological polar surface area (TPSA) is 55.4 Å². The third kappa shape index (κ3) is 7.37. The van der Waals surface area contributed by atoms with E-state index in [2.05, 4.69) is 5.32 Å². The summed E-state index contributed by atoms with van der Waals surface area (Å²) in [5, 5.41) is 2.81. The second-order valence-electron chi connectivity index (χ2n) is 5.81. The van der Waals surface area contributed by atoms with Crippen LogP contribution in [0.25, 0.3) is 0 Å². The molecule has 0 aliphatic carbocycles. The minimum atomic E-state index is -0.405. The number of hydrogen-bond acceptors (Lipinski definition) is 4. The smallest absolute Gasteiger partial charge is 0.306 e. The van der Waals surface area contributed by atoms with Crippen molar-refractivity contribution in [1.82, 2.24) is 5.32 Å². The summed E-state index contributed by atoms with van der Waals surface area (Å²) in [6.07, 6.45) is 0.830. The van der Waals surface area contributed by atoms with E-state index >= 15 is 0 Å². The van der Waals surface area contributed by atoms with Crippen LogP contribution >= 0.6 is 12.2 Å². The van der Waals surface area contributed by atoms with Crippen molar-refractivity contribution in [3.8, 4) is 0 Å². The third-order valence-electron chi connectivity index (χ3n) is 3.62. The molecule has 0 aromatic heterocycles. The van der Waals surface area contributed by atoms with E-state index in [0.29, 0.717) is 6.54 Å². The van der Waals surface area contributed by atoms with Crippen LogP contribution in [0.4, 0.5) is 0 Å². The van der Waals surface area contributed by atoms with Gasteiger partial charge in [-0.15, -0.1) is 0 Å². The molecule has 1 amide bonds. The number of amides is 1. The van der Waals surface area contributed by atoms with Gasteiger partial charge in [-0.25, -0.2) is 0 Å². The summed E-state index contributed by atoms with van der Waals surface area (Å²) >= 11 is 5.10. The van der Waals surface area contributed by atoms with Crippen LogP contribution < -0.4 is 5.32 Å². The quantitative estimate of drug-likeness (QED) is 0.556. The van der Waals surface area contributed by atoms with Gasteiger partial charge in [-0.3, -0.25) is 9.59 Å². The van der Waals surface area contributed by atoms with Crippen LogP contribution in [0.5, 0.6) is 0 Å². The molecule has 4 nitrogen and oxygen atoms in total. The molecule has 1 atom stereocenters. The summed E-state index contributed by atoms with van der Waals surface area (Å²) < 4.78 is 5.26. The van der Waals surface area contributed by atoms with E-state index in [-0.39, 0.29) is 30.8 Å². The normalized spacial score (nSPS) is 11.8. The highest BCUT2D eigenvalue weighted by Gasteiger charge is 2.25. The standard InChI is InChI=1S/C18H25NO3S/c1-4-15(23)11-19-18(21)16(13(2)3)10-17(20)22-12-14-8-6-5-7-9-14/h5-9,13,16H,4,10-12H2,1-3H3,(H,19,21)/t16-/m1/s1. The summed E-state index contributed by atoms with van der Waals surface area (Å²) in [4.78, 5) is 25.0. The van der Waals surface area contributed by atoms with Crippen LogP contribution in [0, 0.1) is 11.8 Å². The minimum absolute atomic E-state index is 0.0504. The first-order valence-electron chi connectivity index (χ1n) is 7.93. The maximum absolute atomic E-state index is 12.2. The zero-order valence-corrected chi connectivity index (χ0v) is 14.8. The molecule has 0 radical (unpaired) electrons. The maximum Gasteiger partial charge on any atom is 0.306 e. The van der Waals surface area contributed by atoms with Crippen molar-refractivity contribution in [3.63, 3.8) is 0 Å². The lowest BCUT2D eigenvalue weighted by atomic mass is 9.91. The van der Waals surface area contributed by atoms with Gasteiger partial charge in [0.2, 0.25) is 5.91 Å². The first-order chi connectivity index (χ1) is 10.9. The van der Waals surface area contributed by atoms with Crippen molar-refractivity contribution in [2.75, 3.05) is 6.54 Å². The van der Waals surface area contributed by atoms with E-state index in [1.165, 1.54) is 0 Å². The lowest BCUT2D eigenvalue weighted by Crippen LogP contribution is -2.37. The zero-order chi connectivity index (χ0) is 17.2. The van der Waals surface area contributed by atoms with E-state index in [0.717, 1.165) is 16.8 Å². The average Bonchev–Trinajstić information content (AvgIpc) is 2.55. The molecule has 0 unspecified atom stereocenters. The zero-order valence-electron chi connectivity index (χ0n) is 14.0. The van der Waals surface area contributed by atoms with E-state index in [1.807, 2.05) is 51.1 Å². The summed E-state index contributed by atoms with van der Waals surface area (Å²) in [6, 6.07) is 9.48. The van der Waals surface area contributed by atoms with Gasteiger partial charge in [0, 0.05) is 11.4 Å². The predicted molar refractivity (Wildman–Crippen MR) is 95.1 cm³/mol. The molecule has 1 N–H and O–H groups in total. The molecular formula is C18H25NO3S. The Labute approximate surface area is 143 Å². The molecule has 0 saturated heterocycles. The van der Waals surface area contributed by atoms with Gasteiger partial charge < -0.3 is 10.1 Å². The van der Waals surface area contributed by atoms with Crippen molar-refractivity contribution in [2.45, 2.75) is 40.2 Å². The number of hydrogen-bond donors (Lipinski definition) is 1. The summed E-state index contributed by atoms with van der Waals surface area (Å²) in [5.41, 5.74) is 0.930. The number of thiocarbonyl (C=S) groups is 1. The van der Waals surface area contributed by atoms with E-state index < -0.39 is 5.92 Å². The van der Waals surface area contributed by atoms with Crippen LogP contribution in [0.2, 0.25) is 0 Å². The summed E-state index contributed by atoms with van der Waals surface area (Å²) in [5.74, 6) is -0.861. The van der Waals surface area contributed by atoms with Crippen LogP contribution in [0.1, 0.15) is 39.2 Å². The van der Waals surface area contributed by atoms with Gasteiger partial charge in [0.25, 0.3) is 0 Å². The largest absolute Gasteiger partial charge is 0.461 e. The van der Waals surface area contributed by atoms with Gasteiger partial charge in [0.05, 0.1) is 12.3 Å². The first kappa shape index (κ1) is 19.3. The molecule has 1 rings (SSSR count). The first-order valence-corrected chi connectivity index (χ1v) is 8.33. The molecule has 0 saturated carbocycles. The van der Waals surface area contributed by atoms with Crippen molar-refractivity contribution < 1.29 is 14.3 Å². The maximum atomic E-state index is 12.2. The highest BCUT2D eigenvalue weighted by Crippen LogP contribution is 2.17. The Morgan fingerprint density at radius 2 is 1.87 bits per heavy atom. The van der Waals surface area contributed by atoms with Gasteiger partial charge in [0.1, 0.15) is 6.61 Å². The average molecular weight is 335 g/mol. The lowest BCUT2D eigenvalue weighted by molar-refractivity contribution is -0.148. The second kappa shape index (κ2) is 10.1. The number of nitrogens with one attached hydrogen (secondary N) is 1. The molecule has 0 aliphatic heterocycles. The van der Waals surface area contributed by atoms with E-state index in [4.69, 9.17) is 17.0 Å². The third-order valence-corrected chi connectivity index (χ3v) is 4.06. The number of ether oxygens (including phenoxy) is 1. The van der Waals surface area contributed by atoms with Gasteiger partial charge >= 0.3 is 5.97 Å². The molecule has 126 valence electrons. The molecule has 0 aliphatic rings. The van der Waals surface area contributed by atoms with Gasteiger partial charge in [-0.2, -0.15) is 0 Å². The Balaban J connectivity index is 2.49. The summed E-state index contributed by atoms with van der Waals surface area (Å²) in [6.45, 7) is 6.41. The Hall–Kier alpha value is -1.75. The Morgan fingerprint density at radius 3 is 2.43 bits per heavy atom. The van der Waals surface area contributed by atoms with Gasteiger partial charge in [-0.1, -0.05) is 63.3 Å². The van der Waals surface area contributed by atoms with E-state index in [1.54, 1.807) is 0 Å².